The van der Waals surface area contributed by atoms with E-state index < -0.39 is 5.54 Å². The Labute approximate surface area is 92.5 Å². The average molecular weight is 225 g/mol. The fourth-order valence-corrected chi connectivity index (χ4v) is 1.72. The minimum atomic E-state index is -0.487. The Balaban J connectivity index is 2.37. The molecule has 1 atom stereocenters. The molecule has 15 heavy (non-hydrogen) atoms. The van der Waals surface area contributed by atoms with Crippen LogP contribution in [0.15, 0.2) is 40.7 Å². The van der Waals surface area contributed by atoms with Gasteiger partial charge in [-0.2, -0.15) is 10.2 Å². The van der Waals surface area contributed by atoms with Gasteiger partial charge in [-0.25, -0.2) is 4.39 Å². The third kappa shape index (κ3) is 1.79. The van der Waals surface area contributed by atoms with Crippen LogP contribution in [-0.2, 0) is 0 Å². The van der Waals surface area contributed by atoms with E-state index in [1.807, 2.05) is 6.92 Å². The van der Waals surface area contributed by atoms with Crippen molar-refractivity contribution in [3.63, 3.8) is 0 Å². The number of hydrogen-bond donors (Lipinski definition) is 0. The molecule has 0 saturated heterocycles. The molecule has 78 valence electrons. The van der Waals surface area contributed by atoms with Crippen molar-refractivity contribution in [3.05, 3.63) is 41.8 Å². The first kappa shape index (κ1) is 10.3. The number of halogens is 2. The van der Waals surface area contributed by atoms with Gasteiger partial charge in [-0.1, -0.05) is 12.1 Å². The second kappa shape index (κ2) is 3.74. The molecule has 0 radical (unpaired) electrons. The number of alkyl halides is 1. The summed E-state index contributed by atoms with van der Waals surface area (Å²) in [6, 6.07) is 6.26. The van der Waals surface area contributed by atoms with E-state index in [9.17, 15) is 4.39 Å². The molecule has 1 aromatic carbocycles. The standard InChI is InChI=1S/C11H10ClFN2/c1-11(7-12)10(6-14-15-11)8-2-4-9(13)5-3-8/h2-6H,7H2,1H3. The zero-order valence-electron chi connectivity index (χ0n) is 8.24. The smallest absolute Gasteiger partial charge is 0.123 e. The summed E-state index contributed by atoms with van der Waals surface area (Å²) < 4.78 is 12.8. The summed E-state index contributed by atoms with van der Waals surface area (Å²) >= 11 is 5.86. The van der Waals surface area contributed by atoms with Crippen molar-refractivity contribution in [2.24, 2.45) is 10.2 Å². The zero-order valence-corrected chi connectivity index (χ0v) is 9.00. The van der Waals surface area contributed by atoms with E-state index >= 15 is 0 Å². The SMILES string of the molecule is CC1(CCl)N=NC=C1c1ccc(F)cc1. The molecule has 1 heterocycles. The van der Waals surface area contributed by atoms with Crippen molar-refractivity contribution in [2.75, 3.05) is 5.88 Å². The van der Waals surface area contributed by atoms with Crippen molar-refractivity contribution < 1.29 is 4.39 Å². The maximum absolute atomic E-state index is 12.8. The van der Waals surface area contributed by atoms with Crippen LogP contribution < -0.4 is 0 Å². The van der Waals surface area contributed by atoms with E-state index in [0.717, 1.165) is 11.1 Å². The van der Waals surface area contributed by atoms with E-state index in [1.54, 1.807) is 18.3 Å². The monoisotopic (exact) mass is 224 g/mol. The summed E-state index contributed by atoms with van der Waals surface area (Å²) in [7, 11) is 0. The number of rotatable bonds is 2. The van der Waals surface area contributed by atoms with Gasteiger partial charge in [-0.15, -0.1) is 11.6 Å². The van der Waals surface area contributed by atoms with Crippen LogP contribution in [0.4, 0.5) is 4.39 Å². The summed E-state index contributed by atoms with van der Waals surface area (Å²) in [6.07, 6.45) is 1.68. The second-order valence-electron chi connectivity index (χ2n) is 3.67. The Hall–Kier alpha value is -1.22. The lowest BCUT2D eigenvalue weighted by molar-refractivity contribution is 0.627. The van der Waals surface area contributed by atoms with Gasteiger partial charge in [0.1, 0.15) is 11.4 Å². The summed E-state index contributed by atoms with van der Waals surface area (Å²) in [5, 5.41) is 7.95. The van der Waals surface area contributed by atoms with Crippen molar-refractivity contribution in [3.8, 4) is 0 Å². The molecule has 1 unspecified atom stereocenters. The molecule has 0 fully saturated rings. The van der Waals surface area contributed by atoms with Crippen molar-refractivity contribution in [1.29, 1.82) is 0 Å². The second-order valence-corrected chi connectivity index (χ2v) is 3.94. The minimum Gasteiger partial charge on any atom is -0.207 e. The fraction of sp³-hybridized carbons (Fsp3) is 0.273. The summed E-state index contributed by atoms with van der Waals surface area (Å²) in [5.41, 5.74) is 1.35. The van der Waals surface area contributed by atoms with Crippen LogP contribution in [-0.4, -0.2) is 11.4 Å². The Bertz CT molecular complexity index is 425. The lowest BCUT2D eigenvalue weighted by Gasteiger charge is -2.20. The van der Waals surface area contributed by atoms with Gasteiger partial charge in [0.15, 0.2) is 0 Å². The Morgan fingerprint density at radius 3 is 2.60 bits per heavy atom. The van der Waals surface area contributed by atoms with Gasteiger partial charge in [0.2, 0.25) is 0 Å². The maximum atomic E-state index is 12.8. The minimum absolute atomic E-state index is 0.251. The van der Waals surface area contributed by atoms with Crippen LogP contribution in [0.5, 0.6) is 0 Å². The quantitative estimate of drug-likeness (QED) is 0.686. The molecule has 2 rings (SSSR count). The molecule has 0 spiro atoms. The van der Waals surface area contributed by atoms with Gasteiger partial charge in [-0.05, 0) is 24.6 Å². The van der Waals surface area contributed by atoms with E-state index in [2.05, 4.69) is 10.2 Å². The molecule has 1 aliphatic heterocycles. The molecule has 4 heteroatoms. The number of nitrogens with zero attached hydrogens (tertiary/aromatic N) is 2. The first-order chi connectivity index (χ1) is 7.15. The van der Waals surface area contributed by atoms with Gasteiger partial charge in [0.05, 0.1) is 12.1 Å². The largest absolute Gasteiger partial charge is 0.207 e. The van der Waals surface area contributed by atoms with Gasteiger partial charge in [0, 0.05) is 5.57 Å². The highest BCUT2D eigenvalue weighted by Gasteiger charge is 2.32. The molecule has 0 aliphatic carbocycles. The van der Waals surface area contributed by atoms with Crippen LogP contribution in [0.3, 0.4) is 0 Å². The lowest BCUT2D eigenvalue weighted by atomic mass is 9.90. The van der Waals surface area contributed by atoms with Crippen molar-refractivity contribution in [2.45, 2.75) is 12.5 Å². The third-order valence-corrected chi connectivity index (χ3v) is 2.98. The molecule has 0 saturated carbocycles. The normalized spacial score (nSPS) is 24.3. The molecule has 1 aromatic rings. The Morgan fingerprint density at radius 2 is 2.00 bits per heavy atom. The molecule has 0 N–H and O–H groups in total. The fourth-order valence-electron chi connectivity index (χ4n) is 1.52. The summed E-state index contributed by atoms with van der Waals surface area (Å²) in [4.78, 5) is 0. The third-order valence-electron chi connectivity index (χ3n) is 2.46. The topological polar surface area (TPSA) is 24.7 Å². The summed E-state index contributed by atoms with van der Waals surface area (Å²) in [5.74, 6) is 0.110. The molecule has 0 aromatic heterocycles. The highest BCUT2D eigenvalue weighted by atomic mass is 35.5. The molecule has 2 nitrogen and oxygen atoms in total. The maximum Gasteiger partial charge on any atom is 0.123 e. The Kier molecular flexibility index (Phi) is 2.57. The van der Waals surface area contributed by atoms with E-state index in [1.165, 1.54) is 12.1 Å². The van der Waals surface area contributed by atoms with E-state index in [0.29, 0.717) is 5.88 Å². The summed E-state index contributed by atoms with van der Waals surface area (Å²) in [6.45, 7) is 1.91. The molecular formula is C11H10ClFN2. The average Bonchev–Trinajstić information content (AvgIpc) is 2.63. The van der Waals surface area contributed by atoms with Crippen LogP contribution in [0.1, 0.15) is 12.5 Å². The lowest BCUT2D eigenvalue weighted by Crippen LogP contribution is -2.23. The van der Waals surface area contributed by atoms with Crippen molar-refractivity contribution in [1.82, 2.24) is 0 Å². The van der Waals surface area contributed by atoms with Crippen LogP contribution in [0, 0.1) is 5.82 Å². The zero-order chi connectivity index (χ0) is 10.9. The highest BCUT2D eigenvalue weighted by molar-refractivity contribution is 6.19. The van der Waals surface area contributed by atoms with Gasteiger partial charge in [-0.3, -0.25) is 0 Å². The molecule has 1 aliphatic rings. The number of azo groups is 1. The van der Waals surface area contributed by atoms with Crippen LogP contribution in [0.25, 0.3) is 5.57 Å². The predicted molar refractivity (Wildman–Crippen MR) is 58.4 cm³/mol. The highest BCUT2D eigenvalue weighted by Crippen LogP contribution is 2.36. The predicted octanol–water partition coefficient (Wildman–Crippen LogP) is 3.63. The number of hydrogen-bond acceptors (Lipinski definition) is 2. The number of benzene rings is 1. The van der Waals surface area contributed by atoms with Gasteiger partial charge < -0.3 is 0 Å². The van der Waals surface area contributed by atoms with E-state index in [4.69, 9.17) is 11.6 Å². The molecule has 0 amide bonds. The molecular weight excluding hydrogens is 215 g/mol. The van der Waals surface area contributed by atoms with Gasteiger partial charge in [0.25, 0.3) is 0 Å². The van der Waals surface area contributed by atoms with E-state index in [-0.39, 0.29) is 5.82 Å². The van der Waals surface area contributed by atoms with Gasteiger partial charge >= 0.3 is 0 Å². The first-order valence-corrected chi connectivity index (χ1v) is 5.14. The van der Waals surface area contributed by atoms with Crippen LogP contribution >= 0.6 is 11.6 Å². The molecule has 0 bridgehead atoms. The van der Waals surface area contributed by atoms with Crippen molar-refractivity contribution >= 4 is 17.2 Å². The first-order valence-electron chi connectivity index (χ1n) is 4.60. The van der Waals surface area contributed by atoms with Crippen LogP contribution in [0.2, 0.25) is 0 Å². The Morgan fingerprint density at radius 1 is 1.33 bits per heavy atom.